The van der Waals surface area contributed by atoms with Crippen molar-refractivity contribution in [3.63, 3.8) is 0 Å². The van der Waals surface area contributed by atoms with Crippen molar-refractivity contribution in [1.29, 1.82) is 0 Å². The van der Waals surface area contributed by atoms with Gasteiger partial charge in [0.15, 0.2) is 0 Å². The molecule has 0 aliphatic rings. The third-order valence-electron chi connectivity index (χ3n) is 8.00. The van der Waals surface area contributed by atoms with Crippen LogP contribution in [0.25, 0.3) is 79.0 Å². The molecule has 9 rings (SSSR count). The molecule has 0 aliphatic carbocycles. The SMILES string of the molecule is c1ccc2c(c1)sc1ccc(-c3ccc4c(c3)c3ccccc3n4-c3ccc4sc5ccccc5c4c3)cc12. The summed E-state index contributed by atoms with van der Waals surface area (Å²) in [6.07, 6.45) is 0. The van der Waals surface area contributed by atoms with Crippen LogP contribution < -0.4 is 0 Å². The molecular weight excluding hydrogens is 511 g/mol. The maximum atomic E-state index is 2.43. The van der Waals surface area contributed by atoms with Crippen LogP contribution in [0.1, 0.15) is 0 Å². The first-order chi connectivity index (χ1) is 19.3. The predicted molar refractivity (Wildman–Crippen MR) is 172 cm³/mol. The summed E-state index contributed by atoms with van der Waals surface area (Å²) in [5.41, 5.74) is 6.19. The van der Waals surface area contributed by atoms with Crippen molar-refractivity contribution in [2.75, 3.05) is 0 Å². The van der Waals surface area contributed by atoms with Crippen molar-refractivity contribution >= 4 is 84.8 Å². The zero-order valence-corrected chi connectivity index (χ0v) is 22.5. The number of hydrogen-bond donors (Lipinski definition) is 0. The Labute approximate surface area is 232 Å². The van der Waals surface area contributed by atoms with Crippen LogP contribution in [-0.2, 0) is 0 Å². The van der Waals surface area contributed by atoms with E-state index in [0.717, 1.165) is 0 Å². The molecular formula is C36H21NS2. The largest absolute Gasteiger partial charge is 0.309 e. The van der Waals surface area contributed by atoms with Crippen molar-refractivity contribution in [3.8, 4) is 16.8 Å². The van der Waals surface area contributed by atoms with Gasteiger partial charge in [0, 0.05) is 56.8 Å². The monoisotopic (exact) mass is 531 g/mol. The molecule has 0 aliphatic heterocycles. The molecule has 1 nitrogen and oxygen atoms in total. The summed E-state index contributed by atoms with van der Waals surface area (Å²) in [5.74, 6) is 0. The number of hydrogen-bond acceptors (Lipinski definition) is 2. The zero-order chi connectivity index (χ0) is 25.5. The molecule has 0 fully saturated rings. The van der Waals surface area contributed by atoms with E-state index in [1.165, 1.54) is 79.0 Å². The van der Waals surface area contributed by atoms with Crippen LogP contribution in [-0.4, -0.2) is 4.57 Å². The minimum Gasteiger partial charge on any atom is -0.309 e. The summed E-state index contributed by atoms with van der Waals surface area (Å²) in [5, 5.41) is 7.91. The van der Waals surface area contributed by atoms with E-state index < -0.39 is 0 Å². The molecule has 0 amide bonds. The average molecular weight is 532 g/mol. The standard InChI is InChI=1S/C36H21NS2/c1-4-10-31-25(7-1)28-19-22(23-14-17-35-29(20-23)26-8-2-5-11-33(26)38-35)13-16-32(28)37(31)24-15-18-36-30(21-24)27-9-3-6-12-34(27)39-36/h1-21H. The number of benzene rings is 6. The Morgan fingerprint density at radius 2 is 0.872 bits per heavy atom. The van der Waals surface area contributed by atoms with Gasteiger partial charge in [0.25, 0.3) is 0 Å². The Balaban J connectivity index is 1.28. The highest BCUT2D eigenvalue weighted by Crippen LogP contribution is 2.40. The highest BCUT2D eigenvalue weighted by atomic mass is 32.1. The Kier molecular flexibility index (Phi) is 4.43. The fourth-order valence-electron chi connectivity index (χ4n) is 6.19. The lowest BCUT2D eigenvalue weighted by Gasteiger charge is -2.09. The number of nitrogens with zero attached hydrogens (tertiary/aromatic N) is 1. The summed E-state index contributed by atoms with van der Waals surface area (Å²) in [4.78, 5) is 0. The van der Waals surface area contributed by atoms with Crippen molar-refractivity contribution in [1.82, 2.24) is 4.57 Å². The molecule has 6 aromatic carbocycles. The molecule has 3 heteroatoms. The van der Waals surface area contributed by atoms with Gasteiger partial charge in [0.2, 0.25) is 0 Å². The van der Waals surface area contributed by atoms with Gasteiger partial charge in [-0.25, -0.2) is 0 Å². The van der Waals surface area contributed by atoms with Crippen molar-refractivity contribution in [2.24, 2.45) is 0 Å². The van der Waals surface area contributed by atoms with E-state index in [1.54, 1.807) is 0 Å². The first-order valence-electron chi connectivity index (χ1n) is 13.2. The number of fused-ring (bicyclic) bond motifs is 9. The lowest BCUT2D eigenvalue weighted by molar-refractivity contribution is 1.19. The highest BCUT2D eigenvalue weighted by molar-refractivity contribution is 7.26. The predicted octanol–water partition coefficient (Wildman–Crippen LogP) is 11.2. The number of thiophene rings is 2. The fourth-order valence-corrected chi connectivity index (χ4v) is 8.36. The molecule has 39 heavy (non-hydrogen) atoms. The lowest BCUT2D eigenvalue weighted by atomic mass is 10.0. The topological polar surface area (TPSA) is 4.93 Å². The van der Waals surface area contributed by atoms with Crippen LogP contribution in [0, 0.1) is 0 Å². The first kappa shape index (κ1) is 21.5. The molecule has 9 aromatic rings. The number of para-hydroxylation sites is 1. The van der Waals surface area contributed by atoms with Crippen LogP contribution in [0.3, 0.4) is 0 Å². The maximum Gasteiger partial charge on any atom is 0.0541 e. The maximum absolute atomic E-state index is 2.43. The Hall–Kier alpha value is -4.44. The van der Waals surface area contributed by atoms with Crippen LogP contribution >= 0.6 is 22.7 Å². The lowest BCUT2D eigenvalue weighted by Crippen LogP contribution is -1.93. The van der Waals surface area contributed by atoms with Crippen LogP contribution in [0.15, 0.2) is 127 Å². The second-order valence-corrected chi connectivity index (χ2v) is 12.3. The summed E-state index contributed by atoms with van der Waals surface area (Å²) >= 11 is 3.74. The quantitative estimate of drug-likeness (QED) is 0.209. The van der Waals surface area contributed by atoms with Gasteiger partial charge in [-0.3, -0.25) is 0 Å². The van der Waals surface area contributed by atoms with Gasteiger partial charge >= 0.3 is 0 Å². The Morgan fingerprint density at radius 1 is 0.359 bits per heavy atom. The van der Waals surface area contributed by atoms with Crippen molar-refractivity contribution in [2.45, 2.75) is 0 Å². The smallest absolute Gasteiger partial charge is 0.0541 e. The molecule has 0 atom stereocenters. The third-order valence-corrected chi connectivity index (χ3v) is 10.3. The van der Waals surface area contributed by atoms with Gasteiger partial charge in [0.1, 0.15) is 0 Å². The highest BCUT2D eigenvalue weighted by Gasteiger charge is 2.15. The molecule has 0 saturated carbocycles. The van der Waals surface area contributed by atoms with Gasteiger partial charge < -0.3 is 4.57 Å². The average Bonchev–Trinajstić information content (AvgIpc) is 3.65. The molecule has 0 spiro atoms. The van der Waals surface area contributed by atoms with Crippen LogP contribution in [0.2, 0.25) is 0 Å². The molecule has 0 saturated heterocycles. The first-order valence-corrected chi connectivity index (χ1v) is 14.8. The second kappa shape index (κ2) is 8.03. The third kappa shape index (κ3) is 3.12. The molecule has 3 aromatic heterocycles. The summed E-state index contributed by atoms with van der Waals surface area (Å²) in [6, 6.07) is 47.0. The van der Waals surface area contributed by atoms with E-state index in [9.17, 15) is 0 Å². The van der Waals surface area contributed by atoms with Gasteiger partial charge in [-0.05, 0) is 71.8 Å². The summed E-state index contributed by atoms with van der Waals surface area (Å²) in [7, 11) is 0. The zero-order valence-electron chi connectivity index (χ0n) is 20.9. The van der Waals surface area contributed by atoms with Crippen molar-refractivity contribution < 1.29 is 0 Å². The molecule has 0 unspecified atom stereocenters. The van der Waals surface area contributed by atoms with E-state index in [0.29, 0.717) is 0 Å². The normalized spacial score (nSPS) is 12.1. The van der Waals surface area contributed by atoms with E-state index in [4.69, 9.17) is 0 Å². The Morgan fingerprint density at radius 3 is 1.62 bits per heavy atom. The number of aromatic nitrogens is 1. The molecule has 0 bridgehead atoms. The van der Waals surface area contributed by atoms with Gasteiger partial charge in [-0.2, -0.15) is 0 Å². The van der Waals surface area contributed by atoms with E-state index in [-0.39, 0.29) is 0 Å². The van der Waals surface area contributed by atoms with Gasteiger partial charge in [0.05, 0.1) is 11.0 Å². The van der Waals surface area contributed by atoms with E-state index >= 15 is 0 Å². The Bertz CT molecular complexity index is 2400. The number of rotatable bonds is 2. The second-order valence-electron chi connectivity index (χ2n) is 10.2. The van der Waals surface area contributed by atoms with Crippen LogP contribution in [0.4, 0.5) is 0 Å². The minimum atomic E-state index is 1.20. The molecule has 0 N–H and O–H groups in total. The fraction of sp³-hybridized carbons (Fsp3) is 0. The minimum absolute atomic E-state index is 1.20. The molecule has 3 heterocycles. The van der Waals surface area contributed by atoms with Crippen molar-refractivity contribution in [3.05, 3.63) is 127 Å². The van der Waals surface area contributed by atoms with E-state index in [1.807, 2.05) is 22.7 Å². The molecule has 182 valence electrons. The van der Waals surface area contributed by atoms with Gasteiger partial charge in [-0.15, -0.1) is 22.7 Å². The van der Waals surface area contributed by atoms with Crippen LogP contribution in [0.5, 0.6) is 0 Å². The summed E-state index contributed by atoms with van der Waals surface area (Å²) in [6.45, 7) is 0. The van der Waals surface area contributed by atoms with E-state index in [2.05, 4.69) is 132 Å². The molecule has 0 radical (unpaired) electrons. The van der Waals surface area contributed by atoms with Gasteiger partial charge in [-0.1, -0.05) is 66.7 Å². The summed E-state index contributed by atoms with van der Waals surface area (Å²) < 4.78 is 7.79.